The highest BCUT2D eigenvalue weighted by Gasteiger charge is 2.23. The van der Waals surface area contributed by atoms with Crippen molar-refractivity contribution in [3.8, 4) is 0 Å². The van der Waals surface area contributed by atoms with E-state index in [9.17, 15) is 0 Å². The summed E-state index contributed by atoms with van der Waals surface area (Å²) in [5, 5.41) is 5.20. The van der Waals surface area contributed by atoms with E-state index >= 15 is 0 Å². The molecule has 1 fully saturated rings. The van der Waals surface area contributed by atoms with Crippen molar-refractivity contribution in [1.82, 2.24) is 5.32 Å². The van der Waals surface area contributed by atoms with E-state index in [4.69, 9.17) is 16.0 Å². The number of halogens is 1. The van der Waals surface area contributed by atoms with Gasteiger partial charge in [-0.15, -0.1) is 0 Å². The molecule has 2 heterocycles. The molecule has 0 spiro atoms. The van der Waals surface area contributed by atoms with E-state index in [1.54, 1.807) is 6.26 Å². The lowest BCUT2D eigenvalue weighted by Crippen LogP contribution is -2.29. The minimum atomic E-state index is 0.566. The Kier molecular flexibility index (Phi) is 2.73. The number of fused-ring (bicyclic) bond motifs is 1. The zero-order valence-corrected chi connectivity index (χ0v) is 10.5. The molecule has 1 atom stereocenters. The maximum absolute atomic E-state index is 6.13. The van der Waals surface area contributed by atoms with Gasteiger partial charge in [0.05, 0.1) is 6.26 Å². The number of hydrogen-bond acceptors (Lipinski definition) is 3. The Morgan fingerprint density at radius 2 is 2.35 bits per heavy atom. The Bertz CT molecular complexity index is 537. The van der Waals surface area contributed by atoms with E-state index in [0.717, 1.165) is 29.1 Å². The van der Waals surface area contributed by atoms with Gasteiger partial charge in [0, 0.05) is 41.3 Å². The summed E-state index contributed by atoms with van der Waals surface area (Å²) in [6.07, 6.45) is 2.89. The summed E-state index contributed by atoms with van der Waals surface area (Å²) in [5.41, 5.74) is 2.04. The fourth-order valence-electron chi connectivity index (χ4n) is 2.50. The van der Waals surface area contributed by atoms with Crippen molar-refractivity contribution >= 4 is 28.3 Å². The van der Waals surface area contributed by atoms with Gasteiger partial charge in [-0.05, 0) is 25.6 Å². The molecule has 1 aromatic heterocycles. The maximum atomic E-state index is 6.13. The number of likely N-dealkylation sites (N-methyl/N-ethyl adjacent to an activating group) is 1. The van der Waals surface area contributed by atoms with Crippen LogP contribution in [0.5, 0.6) is 0 Å². The quantitative estimate of drug-likeness (QED) is 0.889. The lowest BCUT2D eigenvalue weighted by molar-refractivity contribution is 0.615. The highest BCUT2D eigenvalue weighted by Crippen LogP contribution is 2.33. The van der Waals surface area contributed by atoms with Crippen LogP contribution in [0, 0.1) is 0 Å². The van der Waals surface area contributed by atoms with Gasteiger partial charge in [-0.25, -0.2) is 0 Å². The lowest BCUT2D eigenvalue weighted by Gasteiger charge is -2.19. The molecule has 0 bridgehead atoms. The summed E-state index contributed by atoms with van der Waals surface area (Å²) in [6.45, 7) is 2.09. The molecular weight excluding hydrogens is 236 g/mol. The van der Waals surface area contributed by atoms with Gasteiger partial charge in [-0.3, -0.25) is 0 Å². The van der Waals surface area contributed by atoms with Gasteiger partial charge < -0.3 is 14.6 Å². The van der Waals surface area contributed by atoms with Gasteiger partial charge >= 0.3 is 0 Å². The first-order valence-corrected chi connectivity index (χ1v) is 6.24. The third kappa shape index (κ3) is 1.90. The van der Waals surface area contributed by atoms with E-state index in [1.807, 2.05) is 25.2 Å². The molecular formula is C13H15ClN2O. The van der Waals surface area contributed by atoms with Crippen LogP contribution in [0.2, 0.25) is 5.02 Å². The summed E-state index contributed by atoms with van der Waals surface area (Å²) in [6, 6.07) is 6.47. The van der Waals surface area contributed by atoms with E-state index in [1.165, 1.54) is 12.1 Å². The van der Waals surface area contributed by atoms with Crippen LogP contribution in [0.3, 0.4) is 0 Å². The number of nitrogens with zero attached hydrogens (tertiary/aromatic N) is 1. The molecule has 1 aliphatic heterocycles. The van der Waals surface area contributed by atoms with Gasteiger partial charge in [0.25, 0.3) is 0 Å². The Hall–Kier alpha value is -1.19. The molecule has 0 amide bonds. The molecule has 3 rings (SSSR count). The Labute approximate surface area is 105 Å². The van der Waals surface area contributed by atoms with Crippen molar-refractivity contribution in [2.45, 2.75) is 12.5 Å². The highest BCUT2D eigenvalue weighted by molar-refractivity contribution is 6.31. The van der Waals surface area contributed by atoms with Gasteiger partial charge in [0.2, 0.25) is 0 Å². The van der Waals surface area contributed by atoms with Gasteiger partial charge in [0.15, 0.2) is 0 Å². The first-order chi connectivity index (χ1) is 8.28. The van der Waals surface area contributed by atoms with Gasteiger partial charge in [0.1, 0.15) is 5.58 Å². The Morgan fingerprint density at radius 1 is 1.47 bits per heavy atom. The SMILES string of the molecule is CN[C@@H]1CCN(c2cc(Cl)cc3occc23)C1. The minimum absolute atomic E-state index is 0.566. The molecule has 2 aromatic rings. The third-order valence-corrected chi connectivity index (χ3v) is 3.67. The highest BCUT2D eigenvalue weighted by atomic mass is 35.5. The van der Waals surface area contributed by atoms with Crippen LogP contribution in [0.25, 0.3) is 11.0 Å². The van der Waals surface area contributed by atoms with Crippen molar-refractivity contribution in [3.05, 3.63) is 29.5 Å². The monoisotopic (exact) mass is 250 g/mol. The fourth-order valence-corrected chi connectivity index (χ4v) is 2.70. The summed E-state index contributed by atoms with van der Waals surface area (Å²) < 4.78 is 5.43. The van der Waals surface area contributed by atoms with Crippen molar-refractivity contribution in [1.29, 1.82) is 0 Å². The second kappa shape index (κ2) is 4.24. The zero-order chi connectivity index (χ0) is 11.8. The molecule has 1 aromatic carbocycles. The van der Waals surface area contributed by atoms with E-state index in [2.05, 4.69) is 10.2 Å². The van der Waals surface area contributed by atoms with Crippen LogP contribution >= 0.6 is 11.6 Å². The van der Waals surface area contributed by atoms with Crippen LogP contribution < -0.4 is 10.2 Å². The first kappa shape index (κ1) is 10.9. The molecule has 0 unspecified atom stereocenters. The molecule has 17 heavy (non-hydrogen) atoms. The standard InChI is InChI=1S/C13H15ClN2O/c1-15-10-2-4-16(8-10)12-6-9(14)7-13-11(12)3-5-17-13/h3,5-7,10,15H,2,4,8H2,1H3/t10-/m1/s1. The van der Waals surface area contributed by atoms with Gasteiger partial charge in [-0.1, -0.05) is 11.6 Å². The molecule has 4 heteroatoms. The van der Waals surface area contributed by atoms with Crippen molar-refractivity contribution in [2.75, 3.05) is 25.0 Å². The van der Waals surface area contributed by atoms with Crippen LogP contribution in [-0.2, 0) is 0 Å². The molecule has 3 nitrogen and oxygen atoms in total. The second-order valence-corrected chi connectivity index (χ2v) is 4.91. The Morgan fingerprint density at radius 3 is 3.12 bits per heavy atom. The molecule has 1 saturated heterocycles. The summed E-state index contributed by atoms with van der Waals surface area (Å²) in [7, 11) is 2.01. The predicted octanol–water partition coefficient (Wildman–Crippen LogP) is 2.88. The Balaban J connectivity index is 2.02. The average Bonchev–Trinajstić information content (AvgIpc) is 2.95. The summed E-state index contributed by atoms with van der Waals surface area (Å²) in [5.74, 6) is 0. The minimum Gasteiger partial charge on any atom is -0.464 e. The number of furan rings is 1. The second-order valence-electron chi connectivity index (χ2n) is 4.48. The first-order valence-electron chi connectivity index (χ1n) is 5.87. The smallest absolute Gasteiger partial charge is 0.137 e. The average molecular weight is 251 g/mol. The normalized spacial score (nSPS) is 20.4. The summed E-state index contributed by atoms with van der Waals surface area (Å²) >= 11 is 6.13. The van der Waals surface area contributed by atoms with Crippen molar-refractivity contribution < 1.29 is 4.42 Å². The van der Waals surface area contributed by atoms with E-state index < -0.39 is 0 Å². The number of nitrogens with one attached hydrogen (secondary N) is 1. The van der Waals surface area contributed by atoms with Crippen molar-refractivity contribution in [3.63, 3.8) is 0 Å². The zero-order valence-electron chi connectivity index (χ0n) is 9.74. The van der Waals surface area contributed by atoms with Crippen LogP contribution in [-0.4, -0.2) is 26.2 Å². The molecule has 1 N–H and O–H groups in total. The lowest BCUT2D eigenvalue weighted by atomic mass is 10.2. The fraction of sp³-hybridized carbons (Fsp3) is 0.385. The van der Waals surface area contributed by atoms with Gasteiger partial charge in [-0.2, -0.15) is 0 Å². The molecule has 1 aliphatic rings. The molecule has 0 radical (unpaired) electrons. The topological polar surface area (TPSA) is 28.4 Å². The van der Waals surface area contributed by atoms with Crippen LogP contribution in [0.1, 0.15) is 6.42 Å². The largest absolute Gasteiger partial charge is 0.464 e. The molecule has 0 saturated carbocycles. The number of anilines is 1. The molecule has 0 aliphatic carbocycles. The van der Waals surface area contributed by atoms with Crippen LogP contribution in [0.15, 0.2) is 28.9 Å². The number of benzene rings is 1. The van der Waals surface area contributed by atoms with Crippen LogP contribution in [0.4, 0.5) is 5.69 Å². The van der Waals surface area contributed by atoms with E-state index in [0.29, 0.717) is 6.04 Å². The molecule has 90 valence electrons. The van der Waals surface area contributed by atoms with Crippen molar-refractivity contribution in [2.24, 2.45) is 0 Å². The van der Waals surface area contributed by atoms with E-state index in [-0.39, 0.29) is 0 Å². The number of hydrogen-bond donors (Lipinski definition) is 1. The predicted molar refractivity (Wildman–Crippen MR) is 70.9 cm³/mol. The number of rotatable bonds is 2. The maximum Gasteiger partial charge on any atom is 0.137 e. The third-order valence-electron chi connectivity index (χ3n) is 3.45. The summed E-state index contributed by atoms with van der Waals surface area (Å²) in [4.78, 5) is 2.37.